The van der Waals surface area contributed by atoms with Gasteiger partial charge in [0.2, 0.25) is 0 Å². The molecule has 5 nitrogen and oxygen atoms in total. The van der Waals surface area contributed by atoms with Crippen LogP contribution in [0.1, 0.15) is 62.6 Å². The molecular weight excluding hydrogens is 520 g/mol. The second-order valence-corrected chi connectivity index (χ2v) is 10.9. The molecule has 0 spiro atoms. The first-order valence-electron chi connectivity index (χ1n) is 13.5. The van der Waals surface area contributed by atoms with E-state index < -0.39 is 0 Å². The van der Waals surface area contributed by atoms with Gasteiger partial charge in [-0.15, -0.1) is 0 Å². The summed E-state index contributed by atoms with van der Waals surface area (Å²) in [6.07, 6.45) is 3.49. The van der Waals surface area contributed by atoms with Crippen LogP contribution in [0.15, 0.2) is 71.5 Å². The monoisotopic (exact) mass is 555 g/mol. The number of aliphatic hydroxyl groups is 1. The molecule has 0 saturated carbocycles. The maximum Gasteiger partial charge on any atom is 0.326 e. The lowest BCUT2D eigenvalue weighted by molar-refractivity contribution is 0.183. The van der Waals surface area contributed by atoms with Crippen molar-refractivity contribution >= 4 is 22.6 Å². The number of aromatic nitrogens is 2. The number of hydrogen-bond acceptors (Lipinski definition) is 3. The van der Waals surface area contributed by atoms with Crippen molar-refractivity contribution in [1.82, 2.24) is 14.5 Å². The summed E-state index contributed by atoms with van der Waals surface area (Å²) in [4.78, 5) is 18.0. The molecule has 1 saturated heterocycles. The number of nitrogens with one attached hydrogen (secondary N) is 1. The first-order valence-corrected chi connectivity index (χ1v) is 13.9. The van der Waals surface area contributed by atoms with Crippen molar-refractivity contribution in [2.45, 2.75) is 57.6 Å². The Bertz CT molecular complexity index is 1340. The van der Waals surface area contributed by atoms with Crippen molar-refractivity contribution in [2.75, 3.05) is 19.6 Å². The number of fused-ring (bicyclic) bond motifs is 1. The Morgan fingerprint density at radius 2 is 1.49 bits per heavy atom. The number of H-pyrrole nitrogens is 1. The number of halogens is 3. The van der Waals surface area contributed by atoms with E-state index in [9.17, 15) is 13.6 Å². The summed E-state index contributed by atoms with van der Waals surface area (Å²) in [5.74, 6) is -0.430. The van der Waals surface area contributed by atoms with Crippen molar-refractivity contribution in [2.24, 2.45) is 0 Å². The Balaban J connectivity index is 0.000000826. The van der Waals surface area contributed by atoms with Crippen molar-refractivity contribution in [3.8, 4) is 0 Å². The third-order valence-corrected chi connectivity index (χ3v) is 7.35. The molecule has 1 aromatic heterocycles. The molecule has 1 fully saturated rings. The molecule has 39 heavy (non-hydrogen) atoms. The fourth-order valence-electron chi connectivity index (χ4n) is 5.29. The van der Waals surface area contributed by atoms with Gasteiger partial charge < -0.3 is 15.0 Å². The zero-order chi connectivity index (χ0) is 27.9. The summed E-state index contributed by atoms with van der Waals surface area (Å²) < 4.78 is 28.8. The van der Waals surface area contributed by atoms with Gasteiger partial charge in [0.25, 0.3) is 0 Å². The smallest absolute Gasteiger partial charge is 0.326 e. The molecule has 2 heterocycles. The molecule has 3 aromatic carbocycles. The molecular formula is C31H36ClF2N3O2. The Morgan fingerprint density at radius 1 is 0.949 bits per heavy atom. The van der Waals surface area contributed by atoms with Crippen LogP contribution in [-0.4, -0.2) is 45.3 Å². The zero-order valence-electron chi connectivity index (χ0n) is 22.4. The second kappa shape index (κ2) is 13.4. The van der Waals surface area contributed by atoms with Gasteiger partial charge in [-0.2, -0.15) is 0 Å². The van der Waals surface area contributed by atoms with Crippen molar-refractivity contribution in [3.63, 3.8) is 0 Å². The van der Waals surface area contributed by atoms with Gasteiger partial charge in [0.1, 0.15) is 11.6 Å². The molecule has 5 rings (SSSR count). The molecule has 0 radical (unpaired) electrons. The van der Waals surface area contributed by atoms with Crippen LogP contribution in [-0.2, 0) is 0 Å². The number of piperidine rings is 1. The van der Waals surface area contributed by atoms with Crippen LogP contribution in [0.4, 0.5) is 8.78 Å². The molecule has 0 bridgehead atoms. The minimum Gasteiger partial charge on any atom is -0.394 e. The predicted molar refractivity (Wildman–Crippen MR) is 154 cm³/mol. The Hall–Kier alpha value is -3.00. The number of aliphatic hydroxyl groups excluding tert-OH is 1. The van der Waals surface area contributed by atoms with Gasteiger partial charge >= 0.3 is 5.69 Å². The number of nitrogens with zero attached hydrogens (tertiary/aromatic N) is 2. The summed E-state index contributed by atoms with van der Waals surface area (Å²) in [7, 11) is 0. The van der Waals surface area contributed by atoms with Crippen LogP contribution >= 0.6 is 11.6 Å². The largest absolute Gasteiger partial charge is 0.394 e. The number of hydrogen-bond donors (Lipinski definition) is 2. The SMILES string of the molecule is CC(C)O.O=c1[nH]c2ccc(Cl)cc2n1C1CCN(CCCC(c2ccc(F)cc2)c2ccc(F)cc2)CC1. The van der Waals surface area contributed by atoms with E-state index in [1.807, 2.05) is 41.0 Å². The highest BCUT2D eigenvalue weighted by atomic mass is 35.5. The maximum absolute atomic E-state index is 13.5. The highest BCUT2D eigenvalue weighted by Gasteiger charge is 2.24. The van der Waals surface area contributed by atoms with Gasteiger partial charge in [-0.3, -0.25) is 4.57 Å². The van der Waals surface area contributed by atoms with Crippen LogP contribution in [0.5, 0.6) is 0 Å². The van der Waals surface area contributed by atoms with Gasteiger partial charge in [0, 0.05) is 36.2 Å². The minimum atomic E-state index is -0.258. The first-order chi connectivity index (χ1) is 18.7. The lowest BCUT2D eigenvalue weighted by Gasteiger charge is -2.33. The Kier molecular flexibility index (Phi) is 9.94. The van der Waals surface area contributed by atoms with Crippen molar-refractivity contribution in [1.29, 1.82) is 0 Å². The average Bonchev–Trinajstić information content (AvgIpc) is 3.23. The van der Waals surface area contributed by atoms with E-state index in [1.54, 1.807) is 19.9 Å². The summed E-state index contributed by atoms with van der Waals surface area (Å²) >= 11 is 6.17. The highest BCUT2D eigenvalue weighted by molar-refractivity contribution is 6.31. The van der Waals surface area contributed by atoms with Crippen LogP contribution in [0.25, 0.3) is 11.0 Å². The Labute approximate surface area is 233 Å². The molecule has 1 aliphatic rings. The number of benzene rings is 3. The number of likely N-dealkylation sites (tertiary alicyclic amines) is 1. The Morgan fingerprint density at radius 3 is 2.03 bits per heavy atom. The predicted octanol–water partition coefficient (Wildman–Crippen LogP) is 6.90. The summed E-state index contributed by atoms with van der Waals surface area (Å²) in [6.45, 7) is 6.23. The van der Waals surface area contributed by atoms with Crippen LogP contribution in [0.2, 0.25) is 5.02 Å². The number of imidazole rings is 1. The number of aromatic amines is 1. The molecule has 0 amide bonds. The minimum absolute atomic E-state index is 0.0813. The summed E-state index contributed by atoms with van der Waals surface area (Å²) in [6, 6.07) is 18.9. The van der Waals surface area contributed by atoms with Crippen LogP contribution in [0, 0.1) is 11.6 Å². The molecule has 1 aliphatic heterocycles. The average molecular weight is 556 g/mol. The molecule has 208 valence electrons. The standard InChI is InChI=1S/C28H28ClF2N3O.C3H8O/c29-21-7-12-26-27(18-21)34(28(35)32-26)24-13-16-33(17-14-24)15-1-2-25(19-3-8-22(30)9-4-19)20-5-10-23(31)11-6-20;1-3(2)4/h3-12,18,24-25H,1-2,13-17H2,(H,32,35);3-4H,1-2H3. The molecule has 4 aromatic rings. The highest BCUT2D eigenvalue weighted by Crippen LogP contribution is 2.31. The third-order valence-electron chi connectivity index (χ3n) is 7.11. The topological polar surface area (TPSA) is 61.3 Å². The van der Waals surface area contributed by atoms with E-state index in [0.717, 1.165) is 67.5 Å². The lowest BCUT2D eigenvalue weighted by atomic mass is 9.87. The zero-order valence-corrected chi connectivity index (χ0v) is 23.2. The third kappa shape index (κ3) is 7.78. The van der Waals surface area contributed by atoms with Gasteiger partial charge in [-0.05, 0) is 99.7 Å². The molecule has 2 N–H and O–H groups in total. The fourth-order valence-corrected chi connectivity index (χ4v) is 5.46. The van der Waals surface area contributed by atoms with Crippen LogP contribution < -0.4 is 5.69 Å². The van der Waals surface area contributed by atoms with E-state index in [4.69, 9.17) is 16.7 Å². The molecule has 0 unspecified atom stereocenters. The van der Waals surface area contributed by atoms with E-state index in [2.05, 4.69) is 9.88 Å². The quantitative estimate of drug-likeness (QED) is 0.261. The summed E-state index contributed by atoms with van der Waals surface area (Å²) in [5.41, 5.74) is 3.67. The van der Waals surface area contributed by atoms with Gasteiger partial charge in [-0.1, -0.05) is 35.9 Å². The first kappa shape index (κ1) is 29.0. The van der Waals surface area contributed by atoms with Gasteiger partial charge in [-0.25, -0.2) is 13.6 Å². The second-order valence-electron chi connectivity index (χ2n) is 10.4. The van der Waals surface area contributed by atoms with Crippen molar-refractivity contribution in [3.05, 3.63) is 105 Å². The molecule has 0 aliphatic carbocycles. The lowest BCUT2D eigenvalue weighted by Crippen LogP contribution is -2.37. The maximum atomic E-state index is 13.5. The van der Waals surface area contributed by atoms with E-state index in [1.165, 1.54) is 24.3 Å². The van der Waals surface area contributed by atoms with Gasteiger partial charge in [0.05, 0.1) is 11.0 Å². The van der Waals surface area contributed by atoms with Gasteiger partial charge in [0.15, 0.2) is 0 Å². The molecule has 0 atom stereocenters. The number of rotatable bonds is 7. The fraction of sp³-hybridized carbons (Fsp3) is 0.387. The van der Waals surface area contributed by atoms with E-state index >= 15 is 0 Å². The van der Waals surface area contributed by atoms with E-state index in [0.29, 0.717) is 5.02 Å². The van der Waals surface area contributed by atoms with E-state index in [-0.39, 0.29) is 35.4 Å². The van der Waals surface area contributed by atoms with Crippen LogP contribution in [0.3, 0.4) is 0 Å². The van der Waals surface area contributed by atoms with Crippen molar-refractivity contribution < 1.29 is 13.9 Å². The summed E-state index contributed by atoms with van der Waals surface area (Å²) in [5, 5.41) is 8.68. The molecule has 8 heteroatoms. The normalized spacial score (nSPS) is 14.7.